The molecule has 0 bridgehead atoms. The average molecular weight is 483 g/mol. The number of benzene rings is 2. The maximum Gasteiger partial charge on any atom is 0.119 e. The number of hydrogen-bond acceptors (Lipinski definition) is 5. The number of aliphatic hydroxyl groups excluding tert-OH is 1. The van der Waals surface area contributed by atoms with Crippen molar-refractivity contribution in [1.29, 1.82) is 0 Å². The fraction of sp³-hybridized carbons (Fsp3) is 0.600. The molecule has 194 valence electrons. The van der Waals surface area contributed by atoms with Gasteiger partial charge in [-0.1, -0.05) is 77.6 Å². The van der Waals surface area contributed by atoms with Crippen molar-refractivity contribution in [3.8, 4) is 11.5 Å². The first-order valence-electron chi connectivity index (χ1n) is 13.8. The number of hydrogen-bond donors (Lipinski definition) is 1. The maximum absolute atomic E-state index is 8.78. The van der Waals surface area contributed by atoms with E-state index in [9.17, 15) is 0 Å². The van der Waals surface area contributed by atoms with Crippen LogP contribution in [0.3, 0.4) is 0 Å². The molecule has 2 aromatic carbocycles. The first-order valence-corrected chi connectivity index (χ1v) is 13.8. The standard InChI is InChI=1S/C30H46N2O3/c1-2-3-4-5-11-14-25-34-29-20-16-27(17-21-29)31-32-28-18-22-30(23-19-28)35-26-15-12-9-7-6-8-10-13-24-33/h16-23,33H,2-15,24-26H2,1H3/b32-31+. The molecule has 0 aliphatic rings. The van der Waals surface area contributed by atoms with Gasteiger partial charge in [-0.3, -0.25) is 0 Å². The summed E-state index contributed by atoms with van der Waals surface area (Å²) in [5, 5.41) is 17.4. The van der Waals surface area contributed by atoms with Gasteiger partial charge in [0, 0.05) is 6.61 Å². The zero-order valence-electron chi connectivity index (χ0n) is 21.8. The van der Waals surface area contributed by atoms with Gasteiger partial charge < -0.3 is 14.6 Å². The van der Waals surface area contributed by atoms with Crippen molar-refractivity contribution < 1.29 is 14.6 Å². The van der Waals surface area contributed by atoms with Gasteiger partial charge in [0.15, 0.2) is 0 Å². The first kappa shape index (κ1) is 28.8. The van der Waals surface area contributed by atoms with E-state index < -0.39 is 0 Å². The molecule has 0 heterocycles. The third-order valence-corrected chi connectivity index (χ3v) is 6.04. The van der Waals surface area contributed by atoms with Crippen LogP contribution in [-0.2, 0) is 0 Å². The van der Waals surface area contributed by atoms with Crippen LogP contribution in [0.5, 0.6) is 11.5 Å². The summed E-state index contributed by atoms with van der Waals surface area (Å²) in [6, 6.07) is 15.6. The molecule has 2 aromatic rings. The zero-order valence-corrected chi connectivity index (χ0v) is 21.8. The van der Waals surface area contributed by atoms with Crippen molar-refractivity contribution in [3.63, 3.8) is 0 Å². The molecule has 5 nitrogen and oxygen atoms in total. The van der Waals surface area contributed by atoms with Gasteiger partial charge in [-0.05, 0) is 67.8 Å². The smallest absolute Gasteiger partial charge is 0.119 e. The third-order valence-electron chi connectivity index (χ3n) is 6.04. The minimum Gasteiger partial charge on any atom is -0.494 e. The van der Waals surface area contributed by atoms with Crippen LogP contribution in [0.25, 0.3) is 0 Å². The Morgan fingerprint density at radius 3 is 1.29 bits per heavy atom. The summed E-state index contributed by atoms with van der Waals surface area (Å²) in [5.74, 6) is 1.76. The van der Waals surface area contributed by atoms with Gasteiger partial charge in [0.2, 0.25) is 0 Å². The second kappa shape index (κ2) is 19.9. The fourth-order valence-corrected chi connectivity index (χ4v) is 3.87. The van der Waals surface area contributed by atoms with Gasteiger partial charge in [-0.2, -0.15) is 10.2 Å². The van der Waals surface area contributed by atoms with E-state index in [1.165, 1.54) is 64.2 Å². The monoisotopic (exact) mass is 482 g/mol. The largest absolute Gasteiger partial charge is 0.494 e. The van der Waals surface area contributed by atoms with Crippen LogP contribution in [-0.4, -0.2) is 24.9 Å². The predicted molar refractivity (Wildman–Crippen MR) is 145 cm³/mol. The van der Waals surface area contributed by atoms with Crippen molar-refractivity contribution >= 4 is 11.4 Å². The van der Waals surface area contributed by atoms with Crippen LogP contribution >= 0.6 is 0 Å². The van der Waals surface area contributed by atoms with E-state index in [1.807, 2.05) is 48.5 Å². The molecular weight excluding hydrogens is 436 g/mol. The molecule has 0 saturated carbocycles. The van der Waals surface area contributed by atoms with Crippen molar-refractivity contribution in [1.82, 2.24) is 0 Å². The topological polar surface area (TPSA) is 63.4 Å². The Hall–Kier alpha value is -2.40. The highest BCUT2D eigenvalue weighted by Crippen LogP contribution is 2.23. The van der Waals surface area contributed by atoms with Crippen molar-refractivity contribution in [2.45, 2.75) is 96.8 Å². The van der Waals surface area contributed by atoms with E-state index in [2.05, 4.69) is 17.2 Å². The van der Waals surface area contributed by atoms with Gasteiger partial charge in [0.1, 0.15) is 11.5 Å². The van der Waals surface area contributed by atoms with Gasteiger partial charge in [0.25, 0.3) is 0 Å². The normalized spacial score (nSPS) is 11.3. The number of azo groups is 1. The zero-order chi connectivity index (χ0) is 24.8. The highest BCUT2D eigenvalue weighted by atomic mass is 16.5. The Morgan fingerprint density at radius 1 is 0.514 bits per heavy atom. The van der Waals surface area contributed by atoms with Gasteiger partial charge >= 0.3 is 0 Å². The van der Waals surface area contributed by atoms with Crippen molar-refractivity contribution in [2.75, 3.05) is 19.8 Å². The van der Waals surface area contributed by atoms with Crippen molar-refractivity contribution in [2.24, 2.45) is 10.2 Å². The summed E-state index contributed by atoms with van der Waals surface area (Å²) >= 11 is 0. The minimum absolute atomic E-state index is 0.324. The summed E-state index contributed by atoms with van der Waals surface area (Å²) in [6.45, 7) is 4.09. The fourth-order valence-electron chi connectivity index (χ4n) is 3.87. The molecule has 2 rings (SSSR count). The molecular formula is C30H46N2O3. The second-order valence-corrected chi connectivity index (χ2v) is 9.20. The van der Waals surface area contributed by atoms with Crippen LogP contribution < -0.4 is 9.47 Å². The highest BCUT2D eigenvalue weighted by molar-refractivity contribution is 5.44. The Kier molecular flexibility index (Phi) is 16.4. The van der Waals surface area contributed by atoms with E-state index in [1.54, 1.807) is 0 Å². The number of nitrogens with zero attached hydrogens (tertiary/aromatic N) is 2. The van der Waals surface area contributed by atoms with E-state index in [0.29, 0.717) is 6.61 Å². The molecule has 0 unspecified atom stereocenters. The number of ether oxygens (including phenoxy) is 2. The lowest BCUT2D eigenvalue weighted by Gasteiger charge is -2.06. The van der Waals surface area contributed by atoms with E-state index in [0.717, 1.165) is 61.8 Å². The van der Waals surface area contributed by atoms with Gasteiger partial charge in [0.05, 0.1) is 24.6 Å². The van der Waals surface area contributed by atoms with Crippen LogP contribution in [0.2, 0.25) is 0 Å². The third kappa shape index (κ3) is 14.6. The van der Waals surface area contributed by atoms with E-state index >= 15 is 0 Å². The Morgan fingerprint density at radius 2 is 0.886 bits per heavy atom. The van der Waals surface area contributed by atoms with E-state index in [4.69, 9.17) is 14.6 Å². The lowest BCUT2D eigenvalue weighted by molar-refractivity contribution is 0.282. The second-order valence-electron chi connectivity index (χ2n) is 9.20. The molecule has 0 radical (unpaired) electrons. The average Bonchev–Trinajstić information content (AvgIpc) is 2.89. The molecule has 0 atom stereocenters. The van der Waals surface area contributed by atoms with Gasteiger partial charge in [-0.15, -0.1) is 0 Å². The van der Waals surface area contributed by atoms with Gasteiger partial charge in [-0.25, -0.2) is 0 Å². The molecule has 0 aliphatic heterocycles. The van der Waals surface area contributed by atoms with Crippen LogP contribution in [0.4, 0.5) is 11.4 Å². The van der Waals surface area contributed by atoms with Crippen molar-refractivity contribution in [3.05, 3.63) is 48.5 Å². The molecule has 0 amide bonds. The molecule has 0 saturated heterocycles. The number of rotatable bonds is 21. The lowest BCUT2D eigenvalue weighted by Crippen LogP contribution is -1.97. The Bertz CT molecular complexity index is 775. The summed E-state index contributed by atoms with van der Waals surface area (Å²) in [7, 11) is 0. The number of aliphatic hydroxyl groups is 1. The summed E-state index contributed by atoms with van der Waals surface area (Å²) in [6.07, 6.45) is 17.0. The first-order chi connectivity index (χ1) is 17.3. The lowest BCUT2D eigenvalue weighted by atomic mass is 10.1. The number of unbranched alkanes of at least 4 members (excludes halogenated alkanes) is 12. The molecule has 0 fully saturated rings. The van der Waals surface area contributed by atoms with Crippen LogP contribution in [0, 0.1) is 0 Å². The van der Waals surface area contributed by atoms with Crippen LogP contribution in [0.15, 0.2) is 58.8 Å². The van der Waals surface area contributed by atoms with Crippen LogP contribution in [0.1, 0.15) is 96.8 Å². The molecule has 1 N–H and O–H groups in total. The SMILES string of the molecule is CCCCCCCCOc1ccc(/N=N/c2ccc(OCCCCCCCCCCO)cc2)cc1. The molecule has 5 heteroatoms. The maximum atomic E-state index is 8.78. The molecule has 35 heavy (non-hydrogen) atoms. The Labute approximate surface area is 213 Å². The van der Waals surface area contributed by atoms with E-state index in [-0.39, 0.29) is 0 Å². The minimum atomic E-state index is 0.324. The summed E-state index contributed by atoms with van der Waals surface area (Å²) in [4.78, 5) is 0. The summed E-state index contributed by atoms with van der Waals surface area (Å²) in [5.41, 5.74) is 1.62. The quantitative estimate of drug-likeness (QED) is 0.142. The molecule has 0 spiro atoms. The summed E-state index contributed by atoms with van der Waals surface area (Å²) < 4.78 is 11.7. The predicted octanol–water partition coefficient (Wildman–Crippen LogP) is 9.33. The molecule has 0 aliphatic carbocycles. The highest BCUT2D eigenvalue weighted by Gasteiger charge is 1.98. The Balaban J connectivity index is 1.57. The molecule has 0 aromatic heterocycles.